The van der Waals surface area contributed by atoms with Crippen LogP contribution in [0.2, 0.25) is 10.0 Å². The van der Waals surface area contributed by atoms with Crippen LogP contribution in [0, 0.1) is 0 Å². The minimum atomic E-state index is 0. The van der Waals surface area contributed by atoms with E-state index in [4.69, 9.17) is 37.8 Å². The number of hydrogen-bond acceptors (Lipinski definition) is 4. The molecule has 8 heteroatoms. The second-order valence-corrected chi connectivity index (χ2v) is 6.96. The van der Waals surface area contributed by atoms with Crippen molar-refractivity contribution in [3.63, 3.8) is 0 Å². The van der Waals surface area contributed by atoms with Crippen molar-refractivity contribution in [1.29, 1.82) is 0 Å². The van der Waals surface area contributed by atoms with E-state index >= 15 is 0 Å². The van der Waals surface area contributed by atoms with Gasteiger partial charge in [-0.05, 0) is 52.7 Å². The Bertz CT molecular complexity index is 716. The molecule has 0 fully saturated rings. The standard InChI is InChI=1S/C18H20BrCl2NO3.ClH/c1-2-24-17-8-12(10-22-5-6-23)7-15(19)18(17)25-11-13-3-4-14(20)9-16(13)21;/h3-4,7-9,22-23H,2,5-6,10-11H2,1H3;1H. The quantitative estimate of drug-likeness (QED) is 0.477. The third-order valence-corrected chi connectivity index (χ3v) is 4.55. The van der Waals surface area contributed by atoms with E-state index in [9.17, 15) is 0 Å². The molecule has 2 aromatic carbocycles. The Kier molecular flexibility index (Phi) is 10.7. The number of hydrogen-bond donors (Lipinski definition) is 2. The van der Waals surface area contributed by atoms with E-state index in [-0.39, 0.29) is 19.0 Å². The molecule has 0 spiro atoms. The molecule has 0 atom stereocenters. The molecule has 144 valence electrons. The number of halogens is 4. The van der Waals surface area contributed by atoms with Crippen molar-refractivity contribution in [3.8, 4) is 11.5 Å². The summed E-state index contributed by atoms with van der Waals surface area (Å²) in [7, 11) is 0. The van der Waals surface area contributed by atoms with Gasteiger partial charge in [-0.3, -0.25) is 0 Å². The maximum atomic E-state index is 8.86. The molecule has 0 amide bonds. The van der Waals surface area contributed by atoms with Gasteiger partial charge in [-0.25, -0.2) is 0 Å². The minimum absolute atomic E-state index is 0. The number of aliphatic hydroxyl groups is 1. The first kappa shape index (κ1) is 23.3. The van der Waals surface area contributed by atoms with Crippen LogP contribution in [0.5, 0.6) is 11.5 Å². The third-order valence-electron chi connectivity index (χ3n) is 3.37. The third kappa shape index (κ3) is 6.80. The van der Waals surface area contributed by atoms with E-state index < -0.39 is 0 Å². The molecule has 26 heavy (non-hydrogen) atoms. The van der Waals surface area contributed by atoms with Gasteiger partial charge in [0.05, 0.1) is 17.7 Å². The topological polar surface area (TPSA) is 50.7 Å². The van der Waals surface area contributed by atoms with Crippen LogP contribution >= 0.6 is 51.5 Å². The highest BCUT2D eigenvalue weighted by Gasteiger charge is 2.13. The van der Waals surface area contributed by atoms with Gasteiger partial charge in [0.1, 0.15) is 6.61 Å². The van der Waals surface area contributed by atoms with E-state index in [0.29, 0.717) is 47.8 Å². The smallest absolute Gasteiger partial charge is 0.175 e. The van der Waals surface area contributed by atoms with Crippen LogP contribution in [0.3, 0.4) is 0 Å². The number of aliphatic hydroxyl groups excluding tert-OH is 1. The minimum Gasteiger partial charge on any atom is -0.490 e. The van der Waals surface area contributed by atoms with Crippen molar-refractivity contribution in [2.24, 2.45) is 0 Å². The Hall–Kier alpha value is -0.690. The van der Waals surface area contributed by atoms with E-state index in [2.05, 4.69) is 21.2 Å². The lowest BCUT2D eigenvalue weighted by atomic mass is 10.2. The van der Waals surface area contributed by atoms with Gasteiger partial charge in [-0.2, -0.15) is 0 Å². The van der Waals surface area contributed by atoms with Crippen LogP contribution < -0.4 is 14.8 Å². The summed E-state index contributed by atoms with van der Waals surface area (Å²) < 4.78 is 12.5. The molecule has 0 saturated heterocycles. The van der Waals surface area contributed by atoms with Gasteiger partial charge in [0.15, 0.2) is 11.5 Å². The van der Waals surface area contributed by atoms with E-state index in [1.807, 2.05) is 25.1 Å². The van der Waals surface area contributed by atoms with Crippen molar-refractivity contribution in [2.75, 3.05) is 19.8 Å². The van der Waals surface area contributed by atoms with Gasteiger partial charge in [0.25, 0.3) is 0 Å². The second-order valence-electron chi connectivity index (χ2n) is 5.26. The zero-order chi connectivity index (χ0) is 18.2. The Labute approximate surface area is 178 Å². The van der Waals surface area contributed by atoms with Gasteiger partial charge in [0, 0.05) is 28.7 Å². The van der Waals surface area contributed by atoms with Gasteiger partial charge >= 0.3 is 0 Å². The molecule has 2 aromatic rings. The van der Waals surface area contributed by atoms with Crippen molar-refractivity contribution < 1.29 is 14.6 Å². The SMILES string of the molecule is CCOc1cc(CNCCO)cc(Br)c1OCc1ccc(Cl)cc1Cl.Cl. The first-order chi connectivity index (χ1) is 12.0. The molecule has 0 saturated carbocycles. The van der Waals surface area contributed by atoms with Crippen LogP contribution in [0.15, 0.2) is 34.8 Å². The molecule has 4 nitrogen and oxygen atoms in total. The normalized spacial score (nSPS) is 10.3. The molecule has 0 aromatic heterocycles. The highest BCUT2D eigenvalue weighted by atomic mass is 79.9. The molecular weight excluding hydrogens is 464 g/mol. The molecular formula is C18H21BrCl3NO3. The maximum Gasteiger partial charge on any atom is 0.175 e. The van der Waals surface area contributed by atoms with Crippen LogP contribution in [0.4, 0.5) is 0 Å². The van der Waals surface area contributed by atoms with Crippen molar-refractivity contribution in [3.05, 3.63) is 56.0 Å². The molecule has 0 aliphatic heterocycles. The second kappa shape index (κ2) is 11.9. The maximum absolute atomic E-state index is 8.86. The summed E-state index contributed by atoms with van der Waals surface area (Å²) in [5.74, 6) is 1.28. The fraction of sp³-hybridized carbons (Fsp3) is 0.333. The molecule has 0 radical (unpaired) electrons. The molecule has 0 heterocycles. The highest BCUT2D eigenvalue weighted by Crippen LogP contribution is 2.38. The molecule has 0 unspecified atom stereocenters. The highest BCUT2D eigenvalue weighted by molar-refractivity contribution is 9.10. The fourth-order valence-electron chi connectivity index (χ4n) is 2.23. The Morgan fingerprint density at radius 3 is 2.58 bits per heavy atom. The Morgan fingerprint density at radius 1 is 1.15 bits per heavy atom. The summed E-state index contributed by atoms with van der Waals surface area (Å²) in [6.45, 7) is 4.01. The monoisotopic (exact) mass is 483 g/mol. The predicted molar refractivity (Wildman–Crippen MR) is 112 cm³/mol. The van der Waals surface area contributed by atoms with E-state index in [0.717, 1.165) is 15.6 Å². The van der Waals surface area contributed by atoms with Gasteiger partial charge in [-0.1, -0.05) is 29.3 Å². The largest absolute Gasteiger partial charge is 0.490 e. The average Bonchev–Trinajstić information content (AvgIpc) is 2.56. The lowest BCUT2D eigenvalue weighted by Gasteiger charge is -2.16. The first-order valence-corrected chi connectivity index (χ1v) is 9.43. The van der Waals surface area contributed by atoms with Crippen molar-refractivity contribution in [2.45, 2.75) is 20.1 Å². The van der Waals surface area contributed by atoms with Crippen molar-refractivity contribution >= 4 is 51.5 Å². The molecule has 0 bridgehead atoms. The lowest BCUT2D eigenvalue weighted by molar-refractivity contribution is 0.267. The summed E-state index contributed by atoms with van der Waals surface area (Å²) in [6.07, 6.45) is 0. The van der Waals surface area contributed by atoms with E-state index in [1.165, 1.54) is 0 Å². The number of rotatable bonds is 9. The molecule has 2 N–H and O–H groups in total. The zero-order valence-corrected chi connectivity index (χ0v) is 18.1. The van der Waals surface area contributed by atoms with Gasteiger partial charge in [-0.15, -0.1) is 12.4 Å². The first-order valence-electron chi connectivity index (χ1n) is 7.88. The fourth-order valence-corrected chi connectivity index (χ4v) is 3.29. The summed E-state index contributed by atoms with van der Waals surface area (Å²) in [5.41, 5.74) is 1.87. The summed E-state index contributed by atoms with van der Waals surface area (Å²) in [5, 5.41) is 13.2. The summed E-state index contributed by atoms with van der Waals surface area (Å²) in [4.78, 5) is 0. The number of ether oxygens (including phenoxy) is 2. The van der Waals surface area contributed by atoms with Crippen LogP contribution in [0.25, 0.3) is 0 Å². The average molecular weight is 486 g/mol. The zero-order valence-electron chi connectivity index (χ0n) is 14.2. The molecule has 0 aliphatic carbocycles. The summed E-state index contributed by atoms with van der Waals surface area (Å²) in [6, 6.07) is 9.20. The van der Waals surface area contributed by atoms with Crippen molar-refractivity contribution in [1.82, 2.24) is 5.32 Å². The van der Waals surface area contributed by atoms with Gasteiger partial charge in [0.2, 0.25) is 0 Å². The summed E-state index contributed by atoms with van der Waals surface area (Å²) >= 11 is 15.7. The lowest BCUT2D eigenvalue weighted by Crippen LogP contribution is -2.17. The van der Waals surface area contributed by atoms with Crippen LogP contribution in [0.1, 0.15) is 18.1 Å². The Balaban J connectivity index is 0.00000338. The van der Waals surface area contributed by atoms with E-state index in [1.54, 1.807) is 12.1 Å². The van der Waals surface area contributed by atoms with Gasteiger partial charge < -0.3 is 19.9 Å². The van der Waals surface area contributed by atoms with Crippen LogP contribution in [-0.2, 0) is 13.2 Å². The van der Waals surface area contributed by atoms with Crippen LogP contribution in [-0.4, -0.2) is 24.9 Å². The molecule has 0 aliphatic rings. The molecule has 2 rings (SSSR count). The number of nitrogens with one attached hydrogen (secondary N) is 1. The Morgan fingerprint density at radius 2 is 1.92 bits per heavy atom. The number of benzene rings is 2. The predicted octanol–water partition coefficient (Wildman–Crippen LogP) is 5.24.